The molecule has 0 unspecified atom stereocenters. The largest absolute Gasteiger partial charge is 0.531 e. The highest BCUT2D eigenvalue weighted by Gasteiger charge is 2.63. The Kier molecular flexibility index (Phi) is 4.76. The molecule has 5 rings (SSSR count). The van der Waals surface area contributed by atoms with Gasteiger partial charge in [0.2, 0.25) is 0 Å². The molecule has 9 heteroatoms. The van der Waals surface area contributed by atoms with Gasteiger partial charge < -0.3 is 18.7 Å². The molecule has 3 heterocycles. The van der Waals surface area contributed by atoms with Crippen LogP contribution in [0.3, 0.4) is 0 Å². The normalized spacial score (nSPS) is 37.7. The molecular weight excluding hydrogens is 419 g/mol. The van der Waals surface area contributed by atoms with E-state index in [0.717, 1.165) is 5.56 Å². The van der Waals surface area contributed by atoms with Crippen molar-refractivity contribution in [2.24, 2.45) is 0 Å². The van der Waals surface area contributed by atoms with Crippen molar-refractivity contribution in [2.45, 2.75) is 50.3 Å². The number of ether oxygens (including phenoxy) is 3. The number of hydrogen-bond acceptors (Lipinski definition) is 7. The Morgan fingerprint density at radius 3 is 2.38 bits per heavy atom. The molecule has 0 spiro atoms. The molecule has 0 saturated carbocycles. The van der Waals surface area contributed by atoms with Gasteiger partial charge in [-0.3, -0.25) is 9.05 Å². The molecule has 0 N–H and O–H groups in total. The molecule has 0 radical (unpaired) electrons. The standard InChI is InChI=1S/C20H20ClO7P/c1-20(2)24-18-17-16(23-19(18)25-20)15(12-8-10-13(21)11-9-12)27-29(22,28-17)26-14-6-4-3-5-7-14/h3-11,15-19H,1-2H3/t15-,16-,17+,18-,19-,29+/m1/s1. The lowest BCUT2D eigenvalue weighted by atomic mass is 9.99. The van der Waals surface area contributed by atoms with Gasteiger partial charge in [-0.25, -0.2) is 4.57 Å². The number of halogens is 1. The van der Waals surface area contributed by atoms with Crippen molar-refractivity contribution in [1.29, 1.82) is 0 Å². The molecule has 3 fully saturated rings. The first-order valence-electron chi connectivity index (χ1n) is 9.30. The molecular formula is C20H20ClO7P. The van der Waals surface area contributed by atoms with Crippen LogP contribution in [0.4, 0.5) is 0 Å². The first-order valence-corrected chi connectivity index (χ1v) is 11.1. The van der Waals surface area contributed by atoms with Gasteiger partial charge in [0, 0.05) is 5.02 Å². The van der Waals surface area contributed by atoms with Crippen molar-refractivity contribution in [3.05, 3.63) is 65.2 Å². The summed E-state index contributed by atoms with van der Waals surface area (Å²) in [6.07, 6.45) is -3.18. The van der Waals surface area contributed by atoms with Gasteiger partial charge >= 0.3 is 7.82 Å². The van der Waals surface area contributed by atoms with Gasteiger partial charge in [0.25, 0.3) is 0 Å². The van der Waals surface area contributed by atoms with Gasteiger partial charge in [0.15, 0.2) is 12.1 Å². The van der Waals surface area contributed by atoms with Gasteiger partial charge in [-0.2, -0.15) is 0 Å². The van der Waals surface area contributed by atoms with Crippen LogP contribution >= 0.6 is 19.4 Å². The van der Waals surface area contributed by atoms with Gasteiger partial charge in [-0.05, 0) is 43.7 Å². The Morgan fingerprint density at radius 1 is 0.931 bits per heavy atom. The number of hydrogen-bond donors (Lipinski definition) is 0. The molecule has 6 atom stereocenters. The summed E-state index contributed by atoms with van der Waals surface area (Å²) >= 11 is 6.02. The lowest BCUT2D eigenvalue weighted by Crippen LogP contribution is -2.43. The maximum absolute atomic E-state index is 13.5. The summed E-state index contributed by atoms with van der Waals surface area (Å²) in [7, 11) is -3.98. The summed E-state index contributed by atoms with van der Waals surface area (Å²) in [5.74, 6) is -0.453. The molecule has 154 valence electrons. The van der Waals surface area contributed by atoms with Crippen molar-refractivity contribution in [1.82, 2.24) is 0 Å². The number of para-hydroxylation sites is 1. The van der Waals surface area contributed by atoms with Crippen LogP contribution in [0.1, 0.15) is 25.5 Å². The Labute approximate surface area is 173 Å². The Hall–Kier alpha value is -1.44. The lowest BCUT2D eigenvalue weighted by molar-refractivity contribution is -0.231. The first kappa shape index (κ1) is 19.5. The van der Waals surface area contributed by atoms with Gasteiger partial charge in [0.05, 0.1) is 0 Å². The van der Waals surface area contributed by atoms with E-state index in [4.69, 9.17) is 39.4 Å². The number of phosphoric acid groups is 1. The summed E-state index contributed by atoms with van der Waals surface area (Å²) in [6, 6.07) is 15.8. The highest BCUT2D eigenvalue weighted by molar-refractivity contribution is 7.49. The molecule has 3 aliphatic rings. The Morgan fingerprint density at radius 2 is 1.66 bits per heavy atom. The molecule has 0 amide bonds. The van der Waals surface area contributed by atoms with E-state index in [1.807, 2.05) is 6.07 Å². The minimum atomic E-state index is -3.98. The van der Waals surface area contributed by atoms with E-state index in [1.54, 1.807) is 62.4 Å². The summed E-state index contributed by atoms with van der Waals surface area (Å²) in [4.78, 5) is 0. The molecule has 3 aliphatic heterocycles. The van der Waals surface area contributed by atoms with Crippen molar-refractivity contribution >= 4 is 19.4 Å². The topological polar surface area (TPSA) is 72.5 Å². The lowest BCUT2D eigenvalue weighted by Gasteiger charge is -2.38. The van der Waals surface area contributed by atoms with Crippen LogP contribution in [0.2, 0.25) is 5.02 Å². The number of rotatable bonds is 3. The fourth-order valence-electron chi connectivity index (χ4n) is 3.80. The average molecular weight is 439 g/mol. The SMILES string of the molecule is CC1(C)O[C@H]2O[C@H]3[C@H](O[P@@](=O)(Oc4ccccc4)O[C@@H]3c3ccc(Cl)cc3)[C@H]2O1. The summed E-state index contributed by atoms with van der Waals surface area (Å²) in [5, 5.41) is 0.582. The average Bonchev–Trinajstić information content (AvgIpc) is 3.14. The smallest absolute Gasteiger partial charge is 0.404 e. The third-order valence-electron chi connectivity index (χ3n) is 4.98. The third kappa shape index (κ3) is 3.73. The van der Waals surface area contributed by atoms with Gasteiger partial charge in [0.1, 0.15) is 30.2 Å². The summed E-state index contributed by atoms with van der Waals surface area (Å²) in [5.41, 5.74) is 0.740. The van der Waals surface area contributed by atoms with Crippen molar-refractivity contribution in [3.8, 4) is 5.75 Å². The zero-order valence-electron chi connectivity index (χ0n) is 15.8. The molecule has 3 saturated heterocycles. The van der Waals surface area contributed by atoms with Crippen LogP contribution in [-0.4, -0.2) is 30.4 Å². The fraction of sp³-hybridized carbons (Fsp3) is 0.400. The van der Waals surface area contributed by atoms with Crippen molar-refractivity contribution in [2.75, 3.05) is 0 Å². The zero-order valence-corrected chi connectivity index (χ0v) is 17.4. The molecule has 7 nitrogen and oxygen atoms in total. The minimum absolute atomic E-state index is 0.378. The second kappa shape index (κ2) is 7.06. The molecule has 2 aromatic rings. The predicted molar refractivity (Wildman–Crippen MR) is 104 cm³/mol. The summed E-state index contributed by atoms with van der Waals surface area (Å²) < 4.78 is 48.7. The van der Waals surface area contributed by atoms with Crippen molar-refractivity contribution < 1.29 is 32.3 Å². The van der Waals surface area contributed by atoms with E-state index in [2.05, 4.69) is 0 Å². The quantitative estimate of drug-likeness (QED) is 0.633. The predicted octanol–water partition coefficient (Wildman–Crippen LogP) is 4.86. The van der Waals surface area contributed by atoms with Crippen LogP contribution in [0.25, 0.3) is 0 Å². The first-order chi connectivity index (χ1) is 13.8. The van der Waals surface area contributed by atoms with Gasteiger partial charge in [-0.1, -0.05) is 41.9 Å². The van der Waals surface area contributed by atoms with Crippen LogP contribution in [0, 0.1) is 0 Å². The third-order valence-corrected chi connectivity index (χ3v) is 6.65. The van der Waals surface area contributed by atoms with E-state index in [9.17, 15) is 4.57 Å². The number of fused-ring (bicyclic) bond motifs is 3. The Balaban J connectivity index is 1.49. The van der Waals surface area contributed by atoms with Crippen LogP contribution in [0.15, 0.2) is 54.6 Å². The molecule has 0 bridgehead atoms. The summed E-state index contributed by atoms with van der Waals surface area (Å²) in [6.45, 7) is 3.58. The maximum Gasteiger partial charge on any atom is 0.531 e. The van der Waals surface area contributed by atoms with Crippen LogP contribution in [0.5, 0.6) is 5.75 Å². The molecule has 0 aromatic heterocycles. The maximum atomic E-state index is 13.5. The monoisotopic (exact) mass is 438 g/mol. The van der Waals surface area contributed by atoms with E-state index in [-0.39, 0.29) is 0 Å². The minimum Gasteiger partial charge on any atom is -0.404 e. The fourth-order valence-corrected chi connectivity index (χ4v) is 5.50. The van der Waals surface area contributed by atoms with Crippen LogP contribution < -0.4 is 4.52 Å². The highest BCUT2D eigenvalue weighted by Crippen LogP contribution is 2.62. The van der Waals surface area contributed by atoms with Gasteiger partial charge in [-0.15, -0.1) is 0 Å². The van der Waals surface area contributed by atoms with E-state index >= 15 is 0 Å². The second-order valence-corrected chi connectivity index (χ2v) is 9.50. The van der Waals surface area contributed by atoms with Crippen LogP contribution in [-0.2, 0) is 27.8 Å². The van der Waals surface area contributed by atoms with E-state index < -0.39 is 44.3 Å². The number of benzene rings is 2. The van der Waals surface area contributed by atoms with E-state index in [0.29, 0.717) is 10.8 Å². The molecule has 29 heavy (non-hydrogen) atoms. The number of phosphoric ester groups is 1. The van der Waals surface area contributed by atoms with E-state index in [1.165, 1.54) is 0 Å². The highest BCUT2D eigenvalue weighted by atomic mass is 35.5. The van der Waals surface area contributed by atoms with Crippen molar-refractivity contribution in [3.63, 3.8) is 0 Å². The molecule has 0 aliphatic carbocycles. The molecule has 2 aromatic carbocycles. The Bertz CT molecular complexity index is 936. The second-order valence-electron chi connectivity index (χ2n) is 7.57. The zero-order chi connectivity index (χ0) is 20.2.